The summed E-state index contributed by atoms with van der Waals surface area (Å²) in [6.45, 7) is 4.08. The van der Waals surface area contributed by atoms with E-state index < -0.39 is 0 Å². The summed E-state index contributed by atoms with van der Waals surface area (Å²) < 4.78 is 0. The molecule has 0 aliphatic carbocycles. The highest BCUT2D eigenvalue weighted by molar-refractivity contribution is 5.91. The smallest absolute Gasteiger partial charge is 0.137 e. The van der Waals surface area contributed by atoms with Gasteiger partial charge in [0.05, 0.1) is 11.6 Å². The Hall–Kier alpha value is -3.40. The van der Waals surface area contributed by atoms with Gasteiger partial charge in [-0.3, -0.25) is 0 Å². The molecule has 0 amide bonds. The monoisotopic (exact) mass is 381 g/mol. The molecule has 0 radical (unpaired) electrons. The van der Waals surface area contributed by atoms with E-state index in [9.17, 15) is 0 Å². The highest BCUT2D eigenvalue weighted by atomic mass is 16.6. The largest absolute Gasteiger partial charge is 0.392 e. The normalized spacial score (nSPS) is 18.8. The van der Waals surface area contributed by atoms with Crippen LogP contribution in [0.1, 0.15) is 47.9 Å². The maximum atomic E-state index is 5.49. The van der Waals surface area contributed by atoms with Crippen LogP contribution in [0.4, 0.5) is 0 Å². The van der Waals surface area contributed by atoms with Crippen molar-refractivity contribution in [2.75, 3.05) is 0 Å². The van der Waals surface area contributed by atoms with Crippen LogP contribution in [0, 0.1) is 0 Å². The Bertz CT molecular complexity index is 1130. The quantitative estimate of drug-likeness (QED) is 0.499. The van der Waals surface area contributed by atoms with Gasteiger partial charge in [-0.25, -0.2) is 4.98 Å². The first-order valence-electron chi connectivity index (χ1n) is 9.99. The fourth-order valence-corrected chi connectivity index (χ4v) is 4.43. The number of oxime groups is 1. The van der Waals surface area contributed by atoms with Gasteiger partial charge in [-0.05, 0) is 42.2 Å². The van der Waals surface area contributed by atoms with E-state index in [1.807, 2.05) is 13.1 Å². The van der Waals surface area contributed by atoms with E-state index in [2.05, 4.69) is 90.0 Å². The van der Waals surface area contributed by atoms with Gasteiger partial charge in [0.15, 0.2) is 0 Å². The zero-order chi connectivity index (χ0) is 19.8. The van der Waals surface area contributed by atoms with E-state index in [1.165, 1.54) is 16.7 Å². The fourth-order valence-electron chi connectivity index (χ4n) is 4.43. The number of H-pyrrole nitrogens is 1. The van der Waals surface area contributed by atoms with Crippen LogP contribution in [0.25, 0.3) is 11.0 Å². The van der Waals surface area contributed by atoms with Crippen LogP contribution in [0.5, 0.6) is 0 Å². The Morgan fingerprint density at radius 2 is 1.62 bits per heavy atom. The lowest BCUT2D eigenvalue weighted by atomic mass is 9.84. The van der Waals surface area contributed by atoms with Gasteiger partial charge in [0.2, 0.25) is 0 Å². The minimum absolute atomic E-state index is 0.0238. The molecular formula is C25H23N3O. The lowest BCUT2D eigenvalue weighted by Gasteiger charge is -2.19. The molecule has 0 saturated heterocycles. The standard InChI is InChI=1S/C25H23N3O/c1-16-23(17(2)29-28-16)20-13-21-22(15-27-25(21)26-14-20)24(18-9-5-3-6-10-18)19-11-7-4-8-12-19/h3-15,17,23-24H,1-2H3,(H,26,27). The first kappa shape index (κ1) is 17.7. The summed E-state index contributed by atoms with van der Waals surface area (Å²) in [4.78, 5) is 13.6. The summed E-state index contributed by atoms with van der Waals surface area (Å²) in [7, 11) is 0. The summed E-state index contributed by atoms with van der Waals surface area (Å²) in [5, 5.41) is 5.32. The van der Waals surface area contributed by atoms with Crippen molar-refractivity contribution in [1.29, 1.82) is 0 Å². The molecule has 4 aromatic rings. The third-order valence-corrected chi connectivity index (χ3v) is 5.80. The predicted octanol–water partition coefficient (Wildman–Crippen LogP) is 5.62. The van der Waals surface area contributed by atoms with Gasteiger partial charge >= 0.3 is 0 Å². The Balaban J connectivity index is 1.68. The molecular weight excluding hydrogens is 358 g/mol. The number of nitrogens with zero attached hydrogens (tertiary/aromatic N) is 2. The van der Waals surface area contributed by atoms with Crippen LogP contribution in [0.3, 0.4) is 0 Å². The van der Waals surface area contributed by atoms with Crippen molar-refractivity contribution < 1.29 is 4.84 Å². The average molecular weight is 381 g/mol. The molecule has 4 nitrogen and oxygen atoms in total. The maximum absolute atomic E-state index is 5.49. The molecule has 0 fully saturated rings. The maximum Gasteiger partial charge on any atom is 0.137 e. The van der Waals surface area contributed by atoms with Crippen molar-refractivity contribution in [2.24, 2.45) is 5.16 Å². The molecule has 2 unspecified atom stereocenters. The number of fused-ring (bicyclic) bond motifs is 1. The number of aromatic amines is 1. The number of aromatic nitrogens is 2. The molecule has 5 rings (SSSR count). The van der Waals surface area contributed by atoms with Crippen LogP contribution in [-0.4, -0.2) is 21.8 Å². The second kappa shape index (κ2) is 7.21. The molecule has 1 N–H and O–H groups in total. The summed E-state index contributed by atoms with van der Waals surface area (Å²) in [5.41, 5.74) is 6.80. The van der Waals surface area contributed by atoms with Crippen molar-refractivity contribution >= 4 is 16.7 Å². The molecule has 1 aliphatic heterocycles. The highest BCUT2D eigenvalue weighted by Crippen LogP contribution is 2.37. The number of hydrogen-bond acceptors (Lipinski definition) is 3. The van der Waals surface area contributed by atoms with Gasteiger partial charge < -0.3 is 9.82 Å². The molecule has 3 heterocycles. The lowest BCUT2D eigenvalue weighted by molar-refractivity contribution is 0.0904. The van der Waals surface area contributed by atoms with Crippen molar-refractivity contribution in [1.82, 2.24) is 9.97 Å². The van der Waals surface area contributed by atoms with Crippen molar-refractivity contribution in [3.05, 3.63) is 101 Å². The van der Waals surface area contributed by atoms with Crippen LogP contribution in [0.2, 0.25) is 0 Å². The summed E-state index contributed by atoms with van der Waals surface area (Å²) in [6, 6.07) is 23.5. The van der Waals surface area contributed by atoms with Gasteiger partial charge in [-0.2, -0.15) is 0 Å². The highest BCUT2D eigenvalue weighted by Gasteiger charge is 2.30. The summed E-state index contributed by atoms with van der Waals surface area (Å²) in [6.07, 6.45) is 4.06. The first-order valence-corrected chi connectivity index (χ1v) is 9.99. The van der Waals surface area contributed by atoms with Crippen LogP contribution < -0.4 is 0 Å². The van der Waals surface area contributed by atoms with E-state index in [0.29, 0.717) is 0 Å². The molecule has 2 aromatic heterocycles. The molecule has 1 aliphatic rings. The average Bonchev–Trinajstić information content (AvgIpc) is 3.32. The Labute approximate surface area is 170 Å². The SMILES string of the molecule is CC1=NOC(C)C1c1cnc2[nH]cc(C(c3ccccc3)c3ccccc3)c2c1. The van der Waals surface area contributed by atoms with E-state index in [1.54, 1.807) is 0 Å². The molecule has 0 bridgehead atoms. The zero-order valence-electron chi connectivity index (χ0n) is 16.5. The second-order valence-corrected chi connectivity index (χ2v) is 7.68. The number of benzene rings is 2. The summed E-state index contributed by atoms with van der Waals surface area (Å²) >= 11 is 0. The van der Waals surface area contributed by atoms with Gasteiger partial charge in [0.25, 0.3) is 0 Å². The Kier molecular flexibility index (Phi) is 4.39. The minimum atomic E-state index is 0.0238. The lowest BCUT2D eigenvalue weighted by Crippen LogP contribution is -2.16. The van der Waals surface area contributed by atoms with E-state index in [4.69, 9.17) is 9.82 Å². The minimum Gasteiger partial charge on any atom is -0.392 e. The molecule has 0 saturated carbocycles. The summed E-state index contributed by atoms with van der Waals surface area (Å²) in [5.74, 6) is 0.275. The van der Waals surface area contributed by atoms with Crippen LogP contribution in [-0.2, 0) is 4.84 Å². The second-order valence-electron chi connectivity index (χ2n) is 7.68. The fraction of sp³-hybridized carbons (Fsp3) is 0.200. The molecule has 2 atom stereocenters. The molecule has 29 heavy (non-hydrogen) atoms. The van der Waals surface area contributed by atoms with Crippen molar-refractivity contribution in [3.8, 4) is 0 Å². The molecule has 2 aromatic carbocycles. The third-order valence-electron chi connectivity index (χ3n) is 5.80. The third kappa shape index (κ3) is 3.11. The number of pyridine rings is 1. The van der Waals surface area contributed by atoms with Gasteiger partial charge in [0.1, 0.15) is 11.8 Å². The van der Waals surface area contributed by atoms with Gasteiger partial charge in [-0.1, -0.05) is 65.8 Å². The van der Waals surface area contributed by atoms with Gasteiger partial charge in [-0.15, -0.1) is 0 Å². The predicted molar refractivity (Wildman–Crippen MR) is 116 cm³/mol. The van der Waals surface area contributed by atoms with E-state index >= 15 is 0 Å². The van der Waals surface area contributed by atoms with Crippen LogP contribution >= 0.6 is 0 Å². The number of nitrogens with one attached hydrogen (secondary N) is 1. The zero-order valence-corrected chi connectivity index (χ0v) is 16.5. The first-order chi connectivity index (χ1) is 14.2. The topological polar surface area (TPSA) is 50.3 Å². The van der Waals surface area contributed by atoms with Crippen LogP contribution in [0.15, 0.2) is 84.3 Å². The Morgan fingerprint density at radius 3 is 2.21 bits per heavy atom. The molecule has 4 heteroatoms. The number of rotatable bonds is 4. The Morgan fingerprint density at radius 1 is 0.966 bits per heavy atom. The van der Waals surface area contributed by atoms with Gasteiger partial charge in [0, 0.05) is 23.7 Å². The molecule has 144 valence electrons. The van der Waals surface area contributed by atoms with Crippen molar-refractivity contribution in [2.45, 2.75) is 31.8 Å². The van der Waals surface area contributed by atoms with Crippen molar-refractivity contribution in [3.63, 3.8) is 0 Å². The molecule has 0 spiro atoms. The van der Waals surface area contributed by atoms with E-state index in [-0.39, 0.29) is 17.9 Å². The number of hydrogen-bond donors (Lipinski definition) is 1. The van der Waals surface area contributed by atoms with E-state index in [0.717, 1.165) is 22.3 Å².